The van der Waals surface area contributed by atoms with E-state index in [1.165, 1.54) is 11.3 Å². The quantitative estimate of drug-likeness (QED) is 0.842. The molecule has 3 fully saturated rings. The molecule has 27 heavy (non-hydrogen) atoms. The average Bonchev–Trinajstić information content (AvgIpc) is 3.39. The minimum absolute atomic E-state index is 0.0102. The van der Waals surface area contributed by atoms with E-state index in [0.717, 1.165) is 50.2 Å². The second-order valence-corrected chi connectivity index (χ2v) is 9.73. The first kappa shape index (κ1) is 18.9. The second kappa shape index (κ2) is 7.92. The van der Waals surface area contributed by atoms with Crippen LogP contribution in [-0.2, 0) is 4.79 Å². The number of rotatable bonds is 5. The summed E-state index contributed by atoms with van der Waals surface area (Å²) >= 11 is 1.47. The maximum atomic E-state index is 13.0. The molecule has 1 N–H and O–H groups in total. The van der Waals surface area contributed by atoms with Crippen molar-refractivity contribution >= 4 is 23.2 Å². The number of fused-ring (bicyclic) bond motifs is 2. The van der Waals surface area contributed by atoms with E-state index in [1.54, 1.807) is 0 Å². The van der Waals surface area contributed by atoms with Gasteiger partial charge >= 0.3 is 0 Å². The van der Waals surface area contributed by atoms with Gasteiger partial charge in [0.15, 0.2) is 0 Å². The van der Waals surface area contributed by atoms with E-state index in [2.05, 4.69) is 29.0 Å². The fourth-order valence-electron chi connectivity index (χ4n) is 5.15. The molecule has 2 amide bonds. The molecule has 1 aromatic heterocycles. The Morgan fingerprint density at radius 2 is 2.04 bits per heavy atom. The Kier molecular flexibility index (Phi) is 5.55. The summed E-state index contributed by atoms with van der Waals surface area (Å²) in [6, 6.07) is 4.68. The number of piperidine rings is 2. The minimum Gasteiger partial charge on any atom is -0.347 e. The molecule has 1 aromatic rings. The Morgan fingerprint density at radius 3 is 2.67 bits per heavy atom. The van der Waals surface area contributed by atoms with Crippen LogP contribution in [-0.4, -0.2) is 59.4 Å². The number of hydrogen-bond acceptors (Lipinski definition) is 4. The van der Waals surface area contributed by atoms with Crippen molar-refractivity contribution in [3.63, 3.8) is 0 Å². The molecule has 0 radical (unpaired) electrons. The highest BCUT2D eigenvalue weighted by Gasteiger charge is 2.47. The Balaban J connectivity index is 1.30. The third kappa shape index (κ3) is 4.06. The number of hydrogen-bond donors (Lipinski definition) is 1. The zero-order valence-electron chi connectivity index (χ0n) is 16.4. The number of nitrogens with zero attached hydrogens (tertiary/aromatic N) is 2. The van der Waals surface area contributed by atoms with Gasteiger partial charge in [-0.05, 0) is 75.9 Å². The Labute approximate surface area is 166 Å². The number of amides is 2. The lowest BCUT2D eigenvalue weighted by atomic mass is 9.92. The number of thiophene rings is 1. The van der Waals surface area contributed by atoms with E-state index in [1.807, 2.05) is 17.5 Å². The van der Waals surface area contributed by atoms with Gasteiger partial charge in [-0.2, -0.15) is 0 Å². The fourth-order valence-corrected chi connectivity index (χ4v) is 5.78. The first-order chi connectivity index (χ1) is 13.0. The first-order valence-electron chi connectivity index (χ1n) is 10.4. The lowest BCUT2D eigenvalue weighted by Crippen LogP contribution is -2.52. The van der Waals surface area contributed by atoms with E-state index in [0.29, 0.717) is 30.2 Å². The second-order valence-electron chi connectivity index (χ2n) is 8.79. The summed E-state index contributed by atoms with van der Waals surface area (Å²) in [6.45, 7) is 7.61. The van der Waals surface area contributed by atoms with Gasteiger partial charge in [-0.15, -0.1) is 11.3 Å². The lowest BCUT2D eigenvalue weighted by Gasteiger charge is -2.37. The summed E-state index contributed by atoms with van der Waals surface area (Å²) in [5.74, 6) is 1.39. The zero-order chi connectivity index (χ0) is 19.0. The normalized spacial score (nSPS) is 28.9. The van der Waals surface area contributed by atoms with E-state index in [-0.39, 0.29) is 18.0 Å². The van der Waals surface area contributed by atoms with Crippen molar-refractivity contribution in [3.05, 3.63) is 22.4 Å². The predicted molar refractivity (Wildman–Crippen MR) is 108 cm³/mol. The number of nitrogens with one attached hydrogen (secondary N) is 1. The number of likely N-dealkylation sites (tertiary alicyclic amines) is 2. The molecule has 2 aliphatic heterocycles. The maximum absolute atomic E-state index is 13.0. The highest BCUT2D eigenvalue weighted by Crippen LogP contribution is 2.39. The lowest BCUT2D eigenvalue weighted by molar-refractivity contribution is -0.134. The molecule has 3 atom stereocenters. The summed E-state index contributed by atoms with van der Waals surface area (Å²) in [7, 11) is 0. The highest BCUT2D eigenvalue weighted by molar-refractivity contribution is 7.12. The van der Waals surface area contributed by atoms with Crippen molar-refractivity contribution in [2.45, 2.75) is 64.1 Å². The molecule has 0 unspecified atom stereocenters. The summed E-state index contributed by atoms with van der Waals surface area (Å²) in [5, 5.41) is 5.12. The Bertz CT molecular complexity index is 667. The summed E-state index contributed by atoms with van der Waals surface area (Å²) in [5.41, 5.74) is 0. The molecule has 0 aromatic carbocycles. The smallest absolute Gasteiger partial charge is 0.261 e. The van der Waals surface area contributed by atoms with Crippen LogP contribution in [0.15, 0.2) is 17.5 Å². The van der Waals surface area contributed by atoms with Gasteiger partial charge in [0, 0.05) is 25.0 Å². The molecule has 4 rings (SSSR count). The topological polar surface area (TPSA) is 52.7 Å². The van der Waals surface area contributed by atoms with Gasteiger partial charge in [-0.1, -0.05) is 6.07 Å². The van der Waals surface area contributed by atoms with Crippen LogP contribution >= 0.6 is 11.3 Å². The molecular formula is C21H31N3O2S. The highest BCUT2D eigenvalue weighted by atomic mass is 32.1. The summed E-state index contributed by atoms with van der Waals surface area (Å²) < 4.78 is 0. The molecule has 1 saturated carbocycles. The fraction of sp³-hybridized carbons (Fsp3) is 0.714. The van der Waals surface area contributed by atoms with Crippen molar-refractivity contribution in [1.82, 2.24) is 15.1 Å². The monoisotopic (exact) mass is 389 g/mol. The van der Waals surface area contributed by atoms with Crippen molar-refractivity contribution in [1.29, 1.82) is 0 Å². The predicted octanol–water partition coefficient (Wildman–Crippen LogP) is 2.98. The molecule has 148 valence electrons. The molecule has 3 aliphatic rings. The van der Waals surface area contributed by atoms with Crippen LogP contribution < -0.4 is 5.32 Å². The van der Waals surface area contributed by atoms with Crippen LogP contribution in [0, 0.1) is 11.8 Å². The summed E-state index contributed by atoms with van der Waals surface area (Å²) in [4.78, 5) is 30.7. The van der Waals surface area contributed by atoms with Gasteiger partial charge in [-0.3, -0.25) is 9.59 Å². The first-order valence-corrected chi connectivity index (χ1v) is 11.3. The van der Waals surface area contributed by atoms with Gasteiger partial charge in [0.2, 0.25) is 5.91 Å². The van der Waals surface area contributed by atoms with E-state index < -0.39 is 0 Å². The van der Waals surface area contributed by atoms with E-state index >= 15 is 0 Å². The van der Waals surface area contributed by atoms with Crippen molar-refractivity contribution < 1.29 is 9.59 Å². The van der Waals surface area contributed by atoms with Gasteiger partial charge in [-0.25, -0.2) is 0 Å². The van der Waals surface area contributed by atoms with E-state index in [9.17, 15) is 9.59 Å². The van der Waals surface area contributed by atoms with Gasteiger partial charge < -0.3 is 15.1 Å². The van der Waals surface area contributed by atoms with Crippen LogP contribution in [0.2, 0.25) is 0 Å². The molecule has 0 spiro atoms. The molecule has 1 aliphatic carbocycles. The van der Waals surface area contributed by atoms with Gasteiger partial charge in [0.25, 0.3) is 5.91 Å². The Hall–Kier alpha value is -1.40. The largest absolute Gasteiger partial charge is 0.347 e. The molecule has 6 heteroatoms. The third-order valence-electron chi connectivity index (χ3n) is 6.71. The van der Waals surface area contributed by atoms with Crippen LogP contribution in [0.1, 0.15) is 55.6 Å². The summed E-state index contributed by atoms with van der Waals surface area (Å²) in [6.07, 6.45) is 5.00. The number of carbonyl (C=O) groups excluding carboxylic acids is 2. The SMILES string of the molecule is CC(C)N1CCC(CC(=O)N2C[C@@H]3C[C@H](NC(=O)c4cccs4)[C@H]2C3)CC1. The van der Waals surface area contributed by atoms with Crippen LogP contribution in [0.3, 0.4) is 0 Å². The molecule has 5 nitrogen and oxygen atoms in total. The molecular weight excluding hydrogens is 358 g/mol. The molecule has 3 heterocycles. The van der Waals surface area contributed by atoms with Crippen LogP contribution in [0.4, 0.5) is 0 Å². The minimum atomic E-state index is 0.0102. The van der Waals surface area contributed by atoms with Crippen LogP contribution in [0.5, 0.6) is 0 Å². The zero-order valence-corrected chi connectivity index (χ0v) is 17.2. The van der Waals surface area contributed by atoms with Gasteiger partial charge in [0.1, 0.15) is 0 Å². The molecule has 2 bridgehead atoms. The van der Waals surface area contributed by atoms with Crippen molar-refractivity contribution in [3.8, 4) is 0 Å². The maximum Gasteiger partial charge on any atom is 0.261 e. The Morgan fingerprint density at radius 1 is 1.26 bits per heavy atom. The molecule has 2 saturated heterocycles. The van der Waals surface area contributed by atoms with Crippen LogP contribution in [0.25, 0.3) is 0 Å². The van der Waals surface area contributed by atoms with Crippen molar-refractivity contribution in [2.75, 3.05) is 19.6 Å². The van der Waals surface area contributed by atoms with E-state index in [4.69, 9.17) is 0 Å². The third-order valence-corrected chi connectivity index (χ3v) is 7.57. The van der Waals surface area contributed by atoms with Gasteiger partial charge in [0.05, 0.1) is 10.9 Å². The standard InChI is InChI=1S/C21H31N3O2S/c1-14(2)23-7-5-15(6-8-23)12-20(25)24-13-16-10-17(18(24)11-16)22-21(26)19-4-3-9-27-19/h3-4,9,14-18H,5-8,10-13H2,1-2H3,(H,22,26)/t16-,17+,18-/m1/s1. The average molecular weight is 390 g/mol. The number of carbonyl (C=O) groups is 2. The van der Waals surface area contributed by atoms with Crippen molar-refractivity contribution in [2.24, 2.45) is 11.8 Å².